The third kappa shape index (κ3) is 5.53. The van der Waals surface area contributed by atoms with E-state index in [1.807, 2.05) is 49.4 Å². The molecule has 2 aromatic carbocycles. The number of aromatic amines is 1. The summed E-state index contributed by atoms with van der Waals surface area (Å²) in [6.45, 7) is 7.24. The molecule has 1 aromatic heterocycles. The molecule has 0 aliphatic carbocycles. The fraction of sp³-hybridized carbons (Fsp3) is 0.391. The van der Waals surface area contributed by atoms with Gasteiger partial charge in [0.05, 0.1) is 37.8 Å². The number of amides is 1. The number of methoxy groups -OCH3 is 1. The van der Waals surface area contributed by atoms with Gasteiger partial charge in [0.25, 0.3) is 0 Å². The van der Waals surface area contributed by atoms with Crippen LogP contribution in [-0.4, -0.2) is 72.1 Å². The van der Waals surface area contributed by atoms with Crippen molar-refractivity contribution in [3.05, 3.63) is 48.3 Å². The summed E-state index contributed by atoms with van der Waals surface area (Å²) < 4.78 is 10.7. The summed E-state index contributed by atoms with van der Waals surface area (Å²) in [6.07, 6.45) is 0. The van der Waals surface area contributed by atoms with Gasteiger partial charge in [-0.15, -0.1) is 0 Å². The highest BCUT2D eigenvalue weighted by Crippen LogP contribution is 2.20. The van der Waals surface area contributed by atoms with Crippen molar-refractivity contribution < 1.29 is 14.3 Å². The molecule has 164 valence electrons. The maximum absolute atomic E-state index is 12.4. The molecular formula is C23H29N5O3. The quantitative estimate of drug-likeness (QED) is 0.580. The van der Waals surface area contributed by atoms with Crippen LogP contribution in [0.15, 0.2) is 42.5 Å². The number of hydrogen-bond donors (Lipinski definition) is 2. The van der Waals surface area contributed by atoms with Crippen LogP contribution in [0.5, 0.6) is 11.5 Å². The fourth-order valence-corrected chi connectivity index (χ4v) is 3.77. The first-order valence-electron chi connectivity index (χ1n) is 10.6. The minimum Gasteiger partial charge on any atom is -0.497 e. The molecule has 1 amide bonds. The number of benzene rings is 2. The van der Waals surface area contributed by atoms with Crippen LogP contribution >= 0.6 is 0 Å². The van der Waals surface area contributed by atoms with Crippen molar-refractivity contribution in [1.29, 1.82) is 0 Å². The monoisotopic (exact) mass is 423 g/mol. The third-order valence-electron chi connectivity index (χ3n) is 5.39. The van der Waals surface area contributed by atoms with Crippen LogP contribution in [0.25, 0.3) is 11.0 Å². The van der Waals surface area contributed by atoms with Crippen molar-refractivity contribution in [2.45, 2.75) is 13.5 Å². The number of aromatic nitrogens is 2. The Morgan fingerprint density at radius 1 is 1.06 bits per heavy atom. The van der Waals surface area contributed by atoms with Crippen LogP contribution in [0, 0.1) is 0 Å². The van der Waals surface area contributed by atoms with Gasteiger partial charge in [-0.3, -0.25) is 14.6 Å². The summed E-state index contributed by atoms with van der Waals surface area (Å²) in [5, 5.41) is 2.96. The Bertz CT molecular complexity index is 1010. The number of nitrogens with one attached hydrogen (secondary N) is 2. The van der Waals surface area contributed by atoms with E-state index in [1.165, 1.54) is 0 Å². The van der Waals surface area contributed by atoms with Crippen molar-refractivity contribution in [3.63, 3.8) is 0 Å². The van der Waals surface area contributed by atoms with Crippen molar-refractivity contribution in [3.8, 4) is 11.5 Å². The summed E-state index contributed by atoms with van der Waals surface area (Å²) in [5.41, 5.74) is 2.72. The van der Waals surface area contributed by atoms with E-state index in [-0.39, 0.29) is 5.91 Å². The number of hydrogen-bond acceptors (Lipinski definition) is 6. The summed E-state index contributed by atoms with van der Waals surface area (Å²) in [5.74, 6) is 2.58. The lowest BCUT2D eigenvalue weighted by molar-refractivity contribution is -0.117. The maximum atomic E-state index is 12.4. The first-order valence-corrected chi connectivity index (χ1v) is 10.6. The predicted molar refractivity (Wildman–Crippen MR) is 121 cm³/mol. The third-order valence-corrected chi connectivity index (χ3v) is 5.39. The second-order valence-electron chi connectivity index (χ2n) is 7.62. The fourth-order valence-electron chi connectivity index (χ4n) is 3.77. The molecular weight excluding hydrogens is 394 g/mol. The van der Waals surface area contributed by atoms with Crippen molar-refractivity contribution in [2.24, 2.45) is 0 Å². The Morgan fingerprint density at radius 3 is 2.48 bits per heavy atom. The molecule has 8 heteroatoms. The molecule has 0 spiro atoms. The Labute approximate surface area is 182 Å². The van der Waals surface area contributed by atoms with Gasteiger partial charge in [0, 0.05) is 37.9 Å². The summed E-state index contributed by atoms with van der Waals surface area (Å²) >= 11 is 0. The standard InChI is InChI=1S/C23H29N5O3/c1-3-31-18-6-4-17(5-7-18)24-23(29)16-28-12-10-27(11-13-28)15-22-25-20-9-8-19(30-2)14-21(20)26-22/h4-9,14H,3,10-13,15-16H2,1-2H3,(H,24,29)(H,25,26). The smallest absolute Gasteiger partial charge is 0.238 e. The Morgan fingerprint density at radius 2 is 1.77 bits per heavy atom. The zero-order chi connectivity index (χ0) is 21.6. The van der Waals surface area contributed by atoms with Gasteiger partial charge in [-0.1, -0.05) is 0 Å². The number of ether oxygens (including phenoxy) is 2. The maximum Gasteiger partial charge on any atom is 0.238 e. The number of carbonyl (C=O) groups is 1. The lowest BCUT2D eigenvalue weighted by atomic mass is 10.3. The number of rotatable bonds is 8. The average molecular weight is 424 g/mol. The molecule has 0 bridgehead atoms. The van der Waals surface area contributed by atoms with E-state index in [4.69, 9.17) is 9.47 Å². The van der Waals surface area contributed by atoms with Crippen LogP contribution in [0.1, 0.15) is 12.7 Å². The number of anilines is 1. The molecule has 2 N–H and O–H groups in total. The van der Waals surface area contributed by atoms with Crippen molar-refractivity contribution in [2.75, 3.05) is 51.8 Å². The van der Waals surface area contributed by atoms with Crippen LogP contribution in [-0.2, 0) is 11.3 Å². The SMILES string of the molecule is CCOc1ccc(NC(=O)CN2CCN(Cc3nc4ccc(OC)cc4[nH]3)CC2)cc1. The molecule has 8 nitrogen and oxygen atoms in total. The number of H-pyrrole nitrogens is 1. The average Bonchev–Trinajstić information content (AvgIpc) is 3.18. The number of fused-ring (bicyclic) bond motifs is 1. The van der Waals surface area contributed by atoms with Gasteiger partial charge >= 0.3 is 0 Å². The summed E-state index contributed by atoms with van der Waals surface area (Å²) in [4.78, 5) is 25.0. The molecule has 4 rings (SSSR count). The van der Waals surface area contributed by atoms with Crippen molar-refractivity contribution >= 4 is 22.6 Å². The van der Waals surface area contributed by atoms with Crippen LogP contribution < -0.4 is 14.8 Å². The molecule has 3 aromatic rings. The van der Waals surface area contributed by atoms with E-state index in [0.29, 0.717) is 13.2 Å². The highest BCUT2D eigenvalue weighted by Gasteiger charge is 2.20. The Kier molecular flexibility index (Phi) is 6.69. The van der Waals surface area contributed by atoms with Gasteiger partial charge in [0.1, 0.15) is 17.3 Å². The number of carbonyl (C=O) groups excluding carboxylic acids is 1. The van der Waals surface area contributed by atoms with Gasteiger partial charge in [-0.2, -0.15) is 0 Å². The number of nitrogens with zero attached hydrogens (tertiary/aromatic N) is 3. The van der Waals surface area contributed by atoms with Crippen LogP contribution in [0.2, 0.25) is 0 Å². The minimum atomic E-state index is 0.00356. The molecule has 0 atom stereocenters. The summed E-state index contributed by atoms with van der Waals surface area (Å²) in [6, 6.07) is 13.3. The van der Waals surface area contributed by atoms with Gasteiger partial charge in [-0.05, 0) is 43.3 Å². The molecule has 31 heavy (non-hydrogen) atoms. The van der Waals surface area contributed by atoms with Crippen molar-refractivity contribution in [1.82, 2.24) is 19.8 Å². The topological polar surface area (TPSA) is 82.7 Å². The lowest BCUT2D eigenvalue weighted by Crippen LogP contribution is -2.48. The molecule has 2 heterocycles. The highest BCUT2D eigenvalue weighted by molar-refractivity contribution is 5.92. The number of piperazine rings is 1. The molecule has 0 saturated carbocycles. The van der Waals surface area contributed by atoms with Crippen LogP contribution in [0.4, 0.5) is 5.69 Å². The van der Waals surface area contributed by atoms with E-state index < -0.39 is 0 Å². The zero-order valence-electron chi connectivity index (χ0n) is 18.1. The van der Waals surface area contributed by atoms with E-state index in [0.717, 1.165) is 66.8 Å². The van der Waals surface area contributed by atoms with Gasteiger partial charge in [0.2, 0.25) is 5.91 Å². The molecule has 1 fully saturated rings. The zero-order valence-corrected chi connectivity index (χ0v) is 18.1. The molecule has 1 aliphatic rings. The van der Waals surface area contributed by atoms with Gasteiger partial charge in [0.15, 0.2) is 0 Å². The Hall–Kier alpha value is -3.10. The largest absolute Gasteiger partial charge is 0.497 e. The molecule has 0 unspecified atom stereocenters. The molecule has 0 radical (unpaired) electrons. The predicted octanol–water partition coefficient (Wildman–Crippen LogP) is 2.73. The number of imidazole rings is 1. The molecule has 1 aliphatic heterocycles. The first-order chi connectivity index (χ1) is 15.1. The van der Waals surface area contributed by atoms with Gasteiger partial charge in [-0.25, -0.2) is 4.98 Å². The first kappa shape index (κ1) is 21.1. The normalized spacial score (nSPS) is 15.2. The van der Waals surface area contributed by atoms with E-state index in [1.54, 1.807) is 7.11 Å². The lowest BCUT2D eigenvalue weighted by Gasteiger charge is -2.33. The second-order valence-corrected chi connectivity index (χ2v) is 7.62. The van der Waals surface area contributed by atoms with E-state index in [9.17, 15) is 4.79 Å². The highest BCUT2D eigenvalue weighted by atomic mass is 16.5. The Balaban J connectivity index is 1.23. The second kappa shape index (κ2) is 9.80. The van der Waals surface area contributed by atoms with Crippen LogP contribution in [0.3, 0.4) is 0 Å². The van der Waals surface area contributed by atoms with E-state index in [2.05, 4.69) is 25.1 Å². The minimum absolute atomic E-state index is 0.00356. The van der Waals surface area contributed by atoms with Gasteiger partial charge < -0.3 is 19.8 Å². The molecule has 1 saturated heterocycles. The summed E-state index contributed by atoms with van der Waals surface area (Å²) in [7, 11) is 1.66. The van der Waals surface area contributed by atoms with E-state index >= 15 is 0 Å².